The maximum Gasteiger partial charge on any atom is 0.229 e. The highest BCUT2D eigenvalue weighted by Gasteiger charge is 2.22. The highest BCUT2D eigenvalue weighted by atomic mass is 16.5. The number of carbonyl (C=O) groups excluding carboxylic acids is 1. The van der Waals surface area contributed by atoms with Gasteiger partial charge >= 0.3 is 0 Å². The third kappa shape index (κ3) is 4.33. The molecule has 0 spiro atoms. The quantitative estimate of drug-likeness (QED) is 0.855. The fourth-order valence-electron chi connectivity index (χ4n) is 2.41. The Balaban J connectivity index is 2.06. The Labute approximate surface area is 137 Å². The zero-order valence-electron chi connectivity index (χ0n) is 13.9. The molecular formula is C19H24N2O2. The van der Waals surface area contributed by atoms with Crippen LogP contribution < -0.4 is 15.8 Å². The molecule has 0 aliphatic rings. The molecule has 2 aromatic rings. The summed E-state index contributed by atoms with van der Waals surface area (Å²) in [6, 6.07) is 15.0. The van der Waals surface area contributed by atoms with E-state index in [4.69, 9.17) is 10.5 Å². The molecule has 0 radical (unpaired) electrons. The second-order valence-corrected chi connectivity index (χ2v) is 5.62. The molecule has 2 atom stereocenters. The van der Waals surface area contributed by atoms with Crippen LogP contribution in [0.4, 0.5) is 5.69 Å². The van der Waals surface area contributed by atoms with E-state index in [2.05, 4.69) is 5.32 Å². The Morgan fingerprint density at radius 2 is 1.91 bits per heavy atom. The summed E-state index contributed by atoms with van der Waals surface area (Å²) in [5.41, 5.74) is 8.92. The van der Waals surface area contributed by atoms with Crippen LogP contribution >= 0.6 is 0 Å². The van der Waals surface area contributed by atoms with Crippen LogP contribution in [0.1, 0.15) is 31.0 Å². The van der Waals surface area contributed by atoms with Gasteiger partial charge in [-0.3, -0.25) is 4.79 Å². The number of carbonyl (C=O) groups is 1. The van der Waals surface area contributed by atoms with E-state index in [1.807, 2.05) is 69.3 Å². The lowest BCUT2D eigenvalue weighted by Gasteiger charge is -2.20. The zero-order valence-corrected chi connectivity index (χ0v) is 13.9. The molecule has 0 aliphatic heterocycles. The van der Waals surface area contributed by atoms with Gasteiger partial charge in [-0.1, -0.05) is 37.3 Å². The zero-order chi connectivity index (χ0) is 16.8. The summed E-state index contributed by atoms with van der Waals surface area (Å²) in [6.07, 6.45) is 0. The van der Waals surface area contributed by atoms with Crippen molar-refractivity contribution < 1.29 is 9.53 Å². The first-order valence-electron chi connectivity index (χ1n) is 7.87. The molecule has 23 heavy (non-hydrogen) atoms. The molecule has 0 fully saturated rings. The van der Waals surface area contributed by atoms with E-state index in [0.717, 1.165) is 22.6 Å². The largest absolute Gasteiger partial charge is 0.494 e. The molecule has 0 bridgehead atoms. The maximum absolute atomic E-state index is 12.5. The first-order chi connectivity index (χ1) is 11.0. The van der Waals surface area contributed by atoms with Gasteiger partial charge < -0.3 is 15.8 Å². The Morgan fingerprint density at radius 1 is 1.22 bits per heavy atom. The van der Waals surface area contributed by atoms with Gasteiger partial charge in [0.1, 0.15) is 5.75 Å². The summed E-state index contributed by atoms with van der Waals surface area (Å²) in [5, 5.41) is 2.96. The Morgan fingerprint density at radius 3 is 2.52 bits per heavy atom. The normalized spacial score (nSPS) is 13.2. The number of hydrogen-bond donors (Lipinski definition) is 2. The lowest BCUT2D eigenvalue weighted by molar-refractivity contribution is -0.120. The van der Waals surface area contributed by atoms with E-state index in [1.165, 1.54) is 0 Å². The SMILES string of the molecule is CCOc1ccc(NC(=O)C(C)C(N)c2ccccc2)c(C)c1. The molecule has 0 saturated heterocycles. The van der Waals surface area contributed by atoms with Crippen molar-refractivity contribution in [3.05, 3.63) is 59.7 Å². The Kier molecular flexibility index (Phi) is 5.77. The second-order valence-electron chi connectivity index (χ2n) is 5.62. The number of anilines is 1. The number of hydrogen-bond acceptors (Lipinski definition) is 3. The van der Waals surface area contributed by atoms with Crippen molar-refractivity contribution in [2.45, 2.75) is 26.8 Å². The highest BCUT2D eigenvalue weighted by molar-refractivity contribution is 5.93. The smallest absolute Gasteiger partial charge is 0.229 e. The van der Waals surface area contributed by atoms with Crippen LogP contribution in [0.3, 0.4) is 0 Å². The minimum absolute atomic E-state index is 0.0892. The van der Waals surface area contributed by atoms with E-state index in [0.29, 0.717) is 6.61 Å². The van der Waals surface area contributed by atoms with Crippen molar-refractivity contribution in [2.75, 3.05) is 11.9 Å². The molecule has 0 heterocycles. The highest BCUT2D eigenvalue weighted by Crippen LogP contribution is 2.24. The molecule has 0 saturated carbocycles. The van der Waals surface area contributed by atoms with Crippen LogP contribution in [0.5, 0.6) is 5.75 Å². The van der Waals surface area contributed by atoms with E-state index in [-0.39, 0.29) is 17.9 Å². The Bertz CT molecular complexity index is 656. The molecule has 2 unspecified atom stereocenters. The lowest BCUT2D eigenvalue weighted by Crippen LogP contribution is -2.30. The topological polar surface area (TPSA) is 64.3 Å². The molecule has 2 aromatic carbocycles. The minimum atomic E-state index is -0.334. The van der Waals surface area contributed by atoms with Crippen molar-refractivity contribution in [1.82, 2.24) is 0 Å². The number of aryl methyl sites for hydroxylation is 1. The molecular weight excluding hydrogens is 288 g/mol. The maximum atomic E-state index is 12.5. The predicted octanol–water partition coefficient (Wildman–Crippen LogP) is 3.67. The third-order valence-electron chi connectivity index (χ3n) is 3.90. The number of amides is 1. The molecule has 2 rings (SSSR count). The first-order valence-corrected chi connectivity index (χ1v) is 7.87. The number of nitrogens with one attached hydrogen (secondary N) is 1. The van der Waals surface area contributed by atoms with E-state index >= 15 is 0 Å². The van der Waals surface area contributed by atoms with Gasteiger partial charge in [-0.15, -0.1) is 0 Å². The van der Waals surface area contributed by atoms with Gasteiger partial charge in [-0.2, -0.15) is 0 Å². The fraction of sp³-hybridized carbons (Fsp3) is 0.316. The van der Waals surface area contributed by atoms with Gasteiger partial charge in [0.05, 0.1) is 12.5 Å². The minimum Gasteiger partial charge on any atom is -0.494 e. The average molecular weight is 312 g/mol. The standard InChI is InChI=1S/C19H24N2O2/c1-4-23-16-10-11-17(13(2)12-16)21-19(22)14(3)18(20)15-8-6-5-7-9-15/h5-12,14,18H,4,20H2,1-3H3,(H,21,22). The van der Waals surface area contributed by atoms with Crippen LogP contribution in [0.2, 0.25) is 0 Å². The number of rotatable bonds is 6. The fourth-order valence-corrected chi connectivity index (χ4v) is 2.41. The molecule has 1 amide bonds. The Hall–Kier alpha value is -2.33. The van der Waals surface area contributed by atoms with E-state index < -0.39 is 0 Å². The van der Waals surface area contributed by atoms with Crippen LogP contribution in [0.25, 0.3) is 0 Å². The van der Waals surface area contributed by atoms with Crippen molar-refractivity contribution in [2.24, 2.45) is 11.7 Å². The summed E-state index contributed by atoms with van der Waals surface area (Å²) in [6.45, 7) is 6.35. The first kappa shape index (κ1) is 17.0. The van der Waals surface area contributed by atoms with Gasteiger partial charge in [-0.05, 0) is 43.2 Å². The van der Waals surface area contributed by atoms with Crippen LogP contribution in [-0.2, 0) is 4.79 Å². The van der Waals surface area contributed by atoms with Gasteiger partial charge in [0.25, 0.3) is 0 Å². The third-order valence-corrected chi connectivity index (χ3v) is 3.90. The monoisotopic (exact) mass is 312 g/mol. The summed E-state index contributed by atoms with van der Waals surface area (Å²) >= 11 is 0. The van der Waals surface area contributed by atoms with Crippen molar-refractivity contribution in [3.63, 3.8) is 0 Å². The van der Waals surface area contributed by atoms with Crippen molar-refractivity contribution in [1.29, 1.82) is 0 Å². The van der Waals surface area contributed by atoms with Crippen molar-refractivity contribution >= 4 is 11.6 Å². The summed E-state index contributed by atoms with van der Waals surface area (Å²) in [5.74, 6) is 0.383. The van der Waals surface area contributed by atoms with Gasteiger partial charge in [0.15, 0.2) is 0 Å². The van der Waals surface area contributed by atoms with E-state index in [9.17, 15) is 4.79 Å². The molecule has 4 nitrogen and oxygen atoms in total. The summed E-state index contributed by atoms with van der Waals surface area (Å²) in [4.78, 5) is 12.5. The van der Waals surface area contributed by atoms with Gasteiger partial charge in [-0.25, -0.2) is 0 Å². The van der Waals surface area contributed by atoms with E-state index in [1.54, 1.807) is 0 Å². The van der Waals surface area contributed by atoms with Gasteiger partial charge in [0.2, 0.25) is 5.91 Å². The molecule has 0 aliphatic carbocycles. The lowest BCUT2D eigenvalue weighted by atomic mass is 9.94. The molecule has 0 aromatic heterocycles. The van der Waals surface area contributed by atoms with Crippen LogP contribution in [-0.4, -0.2) is 12.5 Å². The molecule has 4 heteroatoms. The van der Waals surface area contributed by atoms with Gasteiger partial charge in [0, 0.05) is 11.7 Å². The second kappa shape index (κ2) is 7.79. The summed E-state index contributed by atoms with van der Waals surface area (Å²) in [7, 11) is 0. The number of nitrogens with two attached hydrogens (primary N) is 1. The van der Waals surface area contributed by atoms with Crippen molar-refractivity contribution in [3.8, 4) is 5.75 Å². The van der Waals surface area contributed by atoms with Crippen LogP contribution in [0.15, 0.2) is 48.5 Å². The summed E-state index contributed by atoms with van der Waals surface area (Å²) < 4.78 is 5.46. The molecule has 122 valence electrons. The average Bonchev–Trinajstić information content (AvgIpc) is 2.57. The predicted molar refractivity (Wildman–Crippen MR) is 93.5 cm³/mol. The molecule has 3 N–H and O–H groups in total. The number of benzene rings is 2. The van der Waals surface area contributed by atoms with Crippen LogP contribution in [0, 0.1) is 12.8 Å². The number of ether oxygens (including phenoxy) is 1.